The van der Waals surface area contributed by atoms with Crippen molar-refractivity contribution in [3.8, 4) is 0 Å². The molecule has 23 heavy (non-hydrogen) atoms. The second-order valence-corrected chi connectivity index (χ2v) is 13.9. The third kappa shape index (κ3) is 9.10. The zero-order valence-corrected chi connectivity index (χ0v) is 19.7. The topological polar surface area (TPSA) is 0 Å². The molecule has 0 saturated heterocycles. The van der Waals surface area contributed by atoms with Gasteiger partial charge in [-0.05, 0) is 45.0 Å². The van der Waals surface area contributed by atoms with Crippen LogP contribution in [0.5, 0.6) is 0 Å². The lowest BCUT2D eigenvalue weighted by atomic mass is 9.68. The van der Waals surface area contributed by atoms with Crippen LogP contribution in [0.1, 0.15) is 83.1 Å². The van der Waals surface area contributed by atoms with E-state index in [2.05, 4.69) is 107 Å². The summed E-state index contributed by atoms with van der Waals surface area (Å²) in [4.78, 5) is 0. The zero-order chi connectivity index (χ0) is 18.7. The van der Waals surface area contributed by atoms with Gasteiger partial charge in [-0.1, -0.05) is 83.1 Å². The van der Waals surface area contributed by atoms with Crippen molar-refractivity contribution in [3.05, 3.63) is 0 Å². The van der Waals surface area contributed by atoms with E-state index in [0.717, 1.165) is 11.8 Å². The molecule has 0 spiro atoms. The summed E-state index contributed by atoms with van der Waals surface area (Å²) in [7, 11) is 0. The van der Waals surface area contributed by atoms with Crippen molar-refractivity contribution >= 4 is 23.5 Å². The first-order chi connectivity index (χ1) is 9.97. The van der Waals surface area contributed by atoms with Crippen LogP contribution in [0, 0.1) is 33.5 Å². The summed E-state index contributed by atoms with van der Waals surface area (Å²) in [5, 5.41) is 1.23. The SMILES string of the molecule is CC(C)(C)C(CSCSCC(C(C)(C)C)C(C)(C)C)C(C)(C)C. The largest absolute Gasteiger partial charge is 0.151 e. The van der Waals surface area contributed by atoms with E-state index in [1.165, 1.54) is 16.6 Å². The lowest BCUT2D eigenvalue weighted by Gasteiger charge is -2.41. The lowest BCUT2D eigenvalue weighted by Crippen LogP contribution is -2.35. The first-order valence-electron chi connectivity index (χ1n) is 9.13. The van der Waals surface area contributed by atoms with Crippen LogP contribution in [-0.2, 0) is 0 Å². The fraction of sp³-hybridized carbons (Fsp3) is 1.00. The van der Waals surface area contributed by atoms with Crippen molar-refractivity contribution in [2.45, 2.75) is 83.1 Å². The van der Waals surface area contributed by atoms with Crippen molar-refractivity contribution in [2.75, 3.05) is 16.6 Å². The molecule has 0 radical (unpaired) electrons. The van der Waals surface area contributed by atoms with Gasteiger partial charge < -0.3 is 0 Å². The fourth-order valence-corrected chi connectivity index (χ4v) is 7.70. The molecule has 140 valence electrons. The summed E-state index contributed by atoms with van der Waals surface area (Å²) < 4.78 is 0. The van der Waals surface area contributed by atoms with Crippen LogP contribution in [0.15, 0.2) is 0 Å². The normalized spacial score (nSPS) is 14.9. The van der Waals surface area contributed by atoms with Gasteiger partial charge in [0.25, 0.3) is 0 Å². The zero-order valence-electron chi connectivity index (χ0n) is 18.1. The van der Waals surface area contributed by atoms with Crippen LogP contribution in [0.3, 0.4) is 0 Å². The minimum Gasteiger partial charge on any atom is -0.151 e. The Kier molecular flexibility index (Phi) is 8.64. The molecule has 0 amide bonds. The second-order valence-electron chi connectivity index (χ2n) is 11.4. The molecule has 0 aromatic rings. The molecule has 0 saturated carbocycles. The fourth-order valence-electron chi connectivity index (χ4n) is 3.99. The molecule has 0 aliphatic heterocycles. The van der Waals surface area contributed by atoms with E-state index in [-0.39, 0.29) is 0 Å². The van der Waals surface area contributed by atoms with Crippen LogP contribution in [0.2, 0.25) is 0 Å². The van der Waals surface area contributed by atoms with E-state index < -0.39 is 0 Å². The van der Waals surface area contributed by atoms with Crippen molar-refractivity contribution < 1.29 is 0 Å². The minimum atomic E-state index is 0.384. The van der Waals surface area contributed by atoms with E-state index >= 15 is 0 Å². The molecule has 0 aliphatic carbocycles. The monoisotopic (exact) mass is 360 g/mol. The number of rotatable bonds is 6. The van der Waals surface area contributed by atoms with Crippen molar-refractivity contribution in [2.24, 2.45) is 33.5 Å². The maximum atomic E-state index is 2.39. The molecule has 0 fully saturated rings. The minimum absolute atomic E-state index is 0.384. The Morgan fingerprint density at radius 2 is 0.696 bits per heavy atom. The van der Waals surface area contributed by atoms with Crippen molar-refractivity contribution in [1.82, 2.24) is 0 Å². The van der Waals surface area contributed by atoms with Gasteiger partial charge in [-0.2, -0.15) is 23.5 Å². The third-order valence-electron chi connectivity index (χ3n) is 4.92. The first kappa shape index (κ1) is 23.7. The third-order valence-corrected chi connectivity index (χ3v) is 7.39. The Hall–Kier alpha value is 0.700. The Bertz CT molecular complexity index is 269. The summed E-state index contributed by atoms with van der Waals surface area (Å²) in [5.41, 5.74) is 1.54. The predicted molar refractivity (Wildman–Crippen MR) is 115 cm³/mol. The van der Waals surface area contributed by atoms with Gasteiger partial charge in [0.1, 0.15) is 0 Å². The van der Waals surface area contributed by atoms with Gasteiger partial charge in [-0.25, -0.2) is 0 Å². The molecule has 0 atom stereocenters. The summed E-state index contributed by atoms with van der Waals surface area (Å²) in [6, 6.07) is 0. The second kappa shape index (κ2) is 8.39. The maximum Gasteiger partial charge on any atom is 0.0392 e. The average molecular weight is 361 g/mol. The van der Waals surface area contributed by atoms with Crippen LogP contribution < -0.4 is 0 Å². The summed E-state index contributed by atoms with van der Waals surface area (Å²) >= 11 is 4.28. The van der Waals surface area contributed by atoms with E-state index in [4.69, 9.17) is 0 Å². The molecule has 0 bridgehead atoms. The quantitative estimate of drug-likeness (QED) is 0.349. The summed E-state index contributed by atoms with van der Waals surface area (Å²) in [6.45, 7) is 28.7. The summed E-state index contributed by atoms with van der Waals surface area (Å²) in [6.07, 6.45) is 0. The number of hydrogen-bond donors (Lipinski definition) is 0. The van der Waals surface area contributed by atoms with E-state index in [0.29, 0.717) is 21.7 Å². The van der Waals surface area contributed by atoms with Gasteiger partial charge in [0.05, 0.1) is 0 Å². The molecule has 0 aromatic carbocycles. The van der Waals surface area contributed by atoms with Crippen molar-refractivity contribution in [1.29, 1.82) is 0 Å². The molecule has 0 N–H and O–H groups in total. The van der Waals surface area contributed by atoms with E-state index in [1.807, 2.05) is 0 Å². The highest BCUT2D eigenvalue weighted by molar-refractivity contribution is 8.15. The molecule has 0 aromatic heterocycles. The van der Waals surface area contributed by atoms with E-state index in [1.54, 1.807) is 0 Å². The Balaban J connectivity index is 4.46. The molecule has 0 rings (SSSR count). The Morgan fingerprint density at radius 3 is 0.870 bits per heavy atom. The van der Waals surface area contributed by atoms with Gasteiger partial charge >= 0.3 is 0 Å². The highest BCUT2D eigenvalue weighted by Crippen LogP contribution is 2.44. The molecule has 2 heteroatoms. The van der Waals surface area contributed by atoms with Crippen LogP contribution in [0.25, 0.3) is 0 Å². The van der Waals surface area contributed by atoms with Crippen molar-refractivity contribution in [3.63, 3.8) is 0 Å². The van der Waals surface area contributed by atoms with Crippen LogP contribution >= 0.6 is 23.5 Å². The number of thioether (sulfide) groups is 2. The Morgan fingerprint density at radius 1 is 0.478 bits per heavy atom. The highest BCUT2D eigenvalue weighted by Gasteiger charge is 2.35. The van der Waals surface area contributed by atoms with Gasteiger partial charge in [0.2, 0.25) is 0 Å². The molecule has 0 nitrogen and oxygen atoms in total. The van der Waals surface area contributed by atoms with E-state index in [9.17, 15) is 0 Å². The standard InChI is InChI=1S/C21H44S2/c1-18(2,3)16(19(4,5)6)13-22-15-23-14-17(20(7,8)9)21(10,11)12/h16-17H,13-15H2,1-12H3. The van der Waals surface area contributed by atoms with Crippen LogP contribution in [0.4, 0.5) is 0 Å². The molecular formula is C21H44S2. The lowest BCUT2D eigenvalue weighted by molar-refractivity contribution is 0.125. The molecular weight excluding hydrogens is 316 g/mol. The van der Waals surface area contributed by atoms with Gasteiger partial charge in [0, 0.05) is 5.08 Å². The molecule has 0 unspecified atom stereocenters. The Labute approximate surface area is 156 Å². The molecule has 0 heterocycles. The average Bonchev–Trinajstić information content (AvgIpc) is 2.19. The smallest absolute Gasteiger partial charge is 0.0392 e. The first-order valence-corrected chi connectivity index (χ1v) is 11.4. The predicted octanol–water partition coefficient (Wildman–Crippen LogP) is 7.83. The van der Waals surface area contributed by atoms with Gasteiger partial charge in [0.15, 0.2) is 0 Å². The van der Waals surface area contributed by atoms with Crippen LogP contribution in [-0.4, -0.2) is 16.6 Å². The van der Waals surface area contributed by atoms with Gasteiger partial charge in [-0.3, -0.25) is 0 Å². The number of hydrogen-bond acceptors (Lipinski definition) is 2. The molecule has 0 aliphatic rings. The summed E-state index contributed by atoms with van der Waals surface area (Å²) in [5.74, 6) is 4.05. The van der Waals surface area contributed by atoms with Gasteiger partial charge in [-0.15, -0.1) is 0 Å². The maximum absolute atomic E-state index is 2.39. The highest BCUT2D eigenvalue weighted by atomic mass is 32.2.